The Kier molecular flexibility index (Phi) is 4.10. The minimum absolute atomic E-state index is 0.796. The average Bonchev–Trinajstić information content (AvgIpc) is 2.72. The van der Waals surface area contributed by atoms with Gasteiger partial charge in [0, 0.05) is 52.3 Å². The molecule has 2 aliphatic rings. The summed E-state index contributed by atoms with van der Waals surface area (Å²) in [6, 6.07) is 14.9. The molecule has 0 aliphatic carbocycles. The van der Waals surface area contributed by atoms with E-state index in [-0.39, 0.29) is 0 Å². The monoisotopic (exact) mass is 342 g/mol. The summed E-state index contributed by atoms with van der Waals surface area (Å²) in [5, 5.41) is 0.796. The van der Waals surface area contributed by atoms with E-state index in [4.69, 9.17) is 11.6 Å². The SMILES string of the molecule is CN1CCN(C2=Cc3cc(Cl)ccc3Sc3ccccc32)CC1. The second kappa shape index (κ2) is 6.23. The first kappa shape index (κ1) is 15.1. The summed E-state index contributed by atoms with van der Waals surface area (Å²) >= 11 is 8.07. The van der Waals surface area contributed by atoms with Crippen LogP contribution in [0.2, 0.25) is 5.02 Å². The van der Waals surface area contributed by atoms with Crippen LogP contribution in [0.1, 0.15) is 11.1 Å². The Morgan fingerprint density at radius 2 is 1.74 bits per heavy atom. The van der Waals surface area contributed by atoms with Gasteiger partial charge in [-0.15, -0.1) is 0 Å². The van der Waals surface area contributed by atoms with Crippen molar-refractivity contribution in [1.29, 1.82) is 0 Å². The third-order valence-electron chi connectivity index (χ3n) is 4.49. The van der Waals surface area contributed by atoms with Crippen molar-refractivity contribution in [1.82, 2.24) is 9.80 Å². The maximum atomic E-state index is 6.24. The molecule has 2 aromatic rings. The van der Waals surface area contributed by atoms with E-state index in [9.17, 15) is 0 Å². The Morgan fingerprint density at radius 1 is 0.957 bits per heavy atom. The first-order valence-electron chi connectivity index (χ1n) is 7.93. The van der Waals surface area contributed by atoms with Crippen molar-refractivity contribution in [3.8, 4) is 0 Å². The molecule has 23 heavy (non-hydrogen) atoms. The Labute approximate surface area is 146 Å². The lowest BCUT2D eigenvalue weighted by molar-refractivity contribution is 0.207. The molecule has 0 saturated carbocycles. The van der Waals surface area contributed by atoms with Gasteiger partial charge >= 0.3 is 0 Å². The predicted molar refractivity (Wildman–Crippen MR) is 99.0 cm³/mol. The van der Waals surface area contributed by atoms with Crippen LogP contribution in [-0.4, -0.2) is 43.0 Å². The van der Waals surface area contributed by atoms with Gasteiger partial charge in [0.2, 0.25) is 0 Å². The molecule has 0 atom stereocenters. The minimum atomic E-state index is 0.796. The van der Waals surface area contributed by atoms with Gasteiger partial charge in [-0.2, -0.15) is 0 Å². The van der Waals surface area contributed by atoms with Crippen molar-refractivity contribution in [2.45, 2.75) is 9.79 Å². The summed E-state index contributed by atoms with van der Waals surface area (Å²) in [7, 11) is 2.19. The van der Waals surface area contributed by atoms with Crippen molar-refractivity contribution < 1.29 is 0 Å². The number of fused-ring (bicyclic) bond motifs is 2. The van der Waals surface area contributed by atoms with Gasteiger partial charge in [0.05, 0.1) is 0 Å². The summed E-state index contributed by atoms with van der Waals surface area (Å²) in [4.78, 5) is 7.49. The molecule has 4 heteroatoms. The van der Waals surface area contributed by atoms with Crippen molar-refractivity contribution in [2.75, 3.05) is 33.2 Å². The van der Waals surface area contributed by atoms with E-state index in [0.29, 0.717) is 0 Å². The molecule has 1 fully saturated rings. The number of hydrogen-bond donors (Lipinski definition) is 0. The van der Waals surface area contributed by atoms with Crippen LogP contribution in [-0.2, 0) is 0 Å². The van der Waals surface area contributed by atoms with E-state index in [0.717, 1.165) is 31.2 Å². The van der Waals surface area contributed by atoms with Gasteiger partial charge in [-0.1, -0.05) is 41.6 Å². The number of likely N-dealkylation sites (N-methyl/N-ethyl adjacent to an activating group) is 1. The van der Waals surface area contributed by atoms with Crippen LogP contribution in [0, 0.1) is 0 Å². The highest BCUT2D eigenvalue weighted by atomic mass is 35.5. The molecule has 2 heterocycles. The van der Waals surface area contributed by atoms with Gasteiger partial charge < -0.3 is 9.80 Å². The van der Waals surface area contributed by atoms with Crippen molar-refractivity contribution in [2.24, 2.45) is 0 Å². The summed E-state index contributed by atoms with van der Waals surface area (Å²) in [5.41, 5.74) is 3.87. The zero-order valence-corrected chi connectivity index (χ0v) is 14.7. The first-order valence-corrected chi connectivity index (χ1v) is 9.12. The van der Waals surface area contributed by atoms with Gasteiger partial charge in [0.1, 0.15) is 0 Å². The molecule has 1 saturated heterocycles. The lowest BCUT2D eigenvalue weighted by Crippen LogP contribution is -2.43. The maximum absolute atomic E-state index is 6.24. The molecule has 0 aromatic heterocycles. The number of benzene rings is 2. The molecule has 2 nitrogen and oxygen atoms in total. The molecule has 118 valence electrons. The molecule has 2 aromatic carbocycles. The van der Waals surface area contributed by atoms with Crippen LogP contribution in [0.4, 0.5) is 0 Å². The van der Waals surface area contributed by atoms with Gasteiger partial charge in [-0.05, 0) is 43.0 Å². The maximum Gasteiger partial charge on any atom is 0.0458 e. The topological polar surface area (TPSA) is 6.48 Å². The zero-order valence-electron chi connectivity index (χ0n) is 13.1. The van der Waals surface area contributed by atoms with E-state index < -0.39 is 0 Å². The smallest absolute Gasteiger partial charge is 0.0458 e. The molecule has 0 radical (unpaired) electrons. The van der Waals surface area contributed by atoms with Crippen molar-refractivity contribution >= 4 is 35.1 Å². The number of hydrogen-bond acceptors (Lipinski definition) is 3. The number of piperazine rings is 1. The molecule has 0 unspecified atom stereocenters. The number of rotatable bonds is 1. The van der Waals surface area contributed by atoms with Crippen molar-refractivity contribution in [3.05, 3.63) is 58.6 Å². The normalized spacial score (nSPS) is 18.0. The van der Waals surface area contributed by atoms with E-state index >= 15 is 0 Å². The second-order valence-electron chi connectivity index (χ2n) is 6.10. The predicted octanol–water partition coefficient (Wildman–Crippen LogP) is 4.55. The molecule has 0 amide bonds. The van der Waals surface area contributed by atoms with Gasteiger partial charge in [0.15, 0.2) is 0 Å². The van der Waals surface area contributed by atoms with Crippen LogP contribution in [0.5, 0.6) is 0 Å². The highest BCUT2D eigenvalue weighted by Gasteiger charge is 2.22. The highest BCUT2D eigenvalue weighted by Crippen LogP contribution is 2.42. The lowest BCUT2D eigenvalue weighted by Gasteiger charge is -2.36. The van der Waals surface area contributed by atoms with E-state index in [1.807, 2.05) is 17.8 Å². The minimum Gasteiger partial charge on any atom is -0.368 e. The number of nitrogens with zero attached hydrogens (tertiary/aromatic N) is 2. The Bertz CT molecular complexity index is 764. The summed E-state index contributed by atoms with van der Waals surface area (Å²) in [6.07, 6.45) is 2.31. The van der Waals surface area contributed by atoms with Crippen LogP contribution in [0.25, 0.3) is 11.8 Å². The van der Waals surface area contributed by atoms with E-state index in [2.05, 4.69) is 59.3 Å². The van der Waals surface area contributed by atoms with Gasteiger partial charge in [0.25, 0.3) is 0 Å². The summed E-state index contributed by atoms with van der Waals surface area (Å²) in [6.45, 7) is 4.35. The van der Waals surface area contributed by atoms with Crippen LogP contribution in [0.15, 0.2) is 52.3 Å². The standard InChI is InChI=1S/C19H19ClN2S/c1-21-8-10-22(11-9-21)17-13-14-12-15(20)6-7-18(14)23-19-5-3-2-4-16(17)19/h2-7,12-13H,8-11H2,1H3. The Morgan fingerprint density at radius 3 is 2.57 bits per heavy atom. The van der Waals surface area contributed by atoms with E-state index in [1.165, 1.54) is 26.6 Å². The van der Waals surface area contributed by atoms with Crippen LogP contribution < -0.4 is 0 Å². The molecular weight excluding hydrogens is 324 g/mol. The molecular formula is C19H19ClN2S. The number of halogens is 1. The first-order chi connectivity index (χ1) is 11.2. The highest BCUT2D eigenvalue weighted by molar-refractivity contribution is 7.99. The Balaban J connectivity index is 1.83. The zero-order chi connectivity index (χ0) is 15.8. The molecule has 0 N–H and O–H groups in total. The fourth-order valence-electron chi connectivity index (χ4n) is 3.14. The summed E-state index contributed by atoms with van der Waals surface area (Å²) < 4.78 is 0. The molecule has 0 spiro atoms. The van der Waals surface area contributed by atoms with Crippen molar-refractivity contribution in [3.63, 3.8) is 0 Å². The third-order valence-corrected chi connectivity index (χ3v) is 5.89. The molecule has 4 rings (SSSR count). The second-order valence-corrected chi connectivity index (χ2v) is 7.62. The van der Waals surface area contributed by atoms with Crippen LogP contribution >= 0.6 is 23.4 Å². The van der Waals surface area contributed by atoms with Gasteiger partial charge in [-0.3, -0.25) is 0 Å². The average molecular weight is 343 g/mol. The third kappa shape index (κ3) is 3.01. The largest absolute Gasteiger partial charge is 0.368 e. The van der Waals surface area contributed by atoms with E-state index in [1.54, 1.807) is 0 Å². The lowest BCUT2D eigenvalue weighted by atomic mass is 10.1. The molecule has 2 aliphatic heterocycles. The molecule has 0 bridgehead atoms. The quantitative estimate of drug-likeness (QED) is 0.750. The fourth-order valence-corrected chi connectivity index (χ4v) is 4.36. The van der Waals surface area contributed by atoms with Crippen LogP contribution in [0.3, 0.4) is 0 Å². The van der Waals surface area contributed by atoms with Gasteiger partial charge in [-0.25, -0.2) is 0 Å². The Hall–Kier alpha value is -1.42. The fraction of sp³-hybridized carbons (Fsp3) is 0.263. The summed E-state index contributed by atoms with van der Waals surface area (Å²) in [5.74, 6) is 0.